The lowest BCUT2D eigenvalue weighted by atomic mass is 10.1. The van der Waals surface area contributed by atoms with Gasteiger partial charge in [-0.15, -0.1) is 10.2 Å². The molecule has 2 aromatic heterocycles. The van der Waals surface area contributed by atoms with Crippen molar-refractivity contribution in [3.05, 3.63) is 69.4 Å². The Hall–Kier alpha value is -2.16. The Bertz CT molecular complexity index is 1150. The number of rotatable bonds is 5. The van der Waals surface area contributed by atoms with E-state index in [1.165, 1.54) is 22.5 Å². The fraction of sp³-hybridized carbons (Fsp3) is 0.150. The number of nitrogens with zero attached hydrogens (tertiary/aromatic N) is 2. The van der Waals surface area contributed by atoms with Crippen molar-refractivity contribution in [3.8, 4) is 0 Å². The Morgan fingerprint density at radius 3 is 2.75 bits per heavy atom. The second-order valence-corrected chi connectivity index (χ2v) is 9.41. The van der Waals surface area contributed by atoms with Crippen molar-refractivity contribution in [1.82, 2.24) is 10.2 Å². The third kappa shape index (κ3) is 4.14. The predicted octanol–water partition coefficient (Wildman–Crippen LogP) is 6.21. The largest absolute Gasteiger partial charge is 0.451 e. The van der Waals surface area contributed by atoms with Crippen LogP contribution in [-0.2, 0) is 5.75 Å². The number of amides is 1. The first kappa shape index (κ1) is 19.2. The summed E-state index contributed by atoms with van der Waals surface area (Å²) in [5.41, 5.74) is 3.94. The number of aromatic nitrogens is 2. The van der Waals surface area contributed by atoms with Gasteiger partial charge in [0.2, 0.25) is 5.13 Å². The predicted molar refractivity (Wildman–Crippen MR) is 117 cm³/mol. The average molecular weight is 474 g/mol. The molecule has 0 saturated carbocycles. The van der Waals surface area contributed by atoms with E-state index in [4.69, 9.17) is 4.42 Å². The number of aryl methyl sites for hydroxylation is 2. The third-order valence-electron chi connectivity index (χ3n) is 4.22. The van der Waals surface area contributed by atoms with Crippen LogP contribution in [0.15, 0.2) is 55.7 Å². The Morgan fingerprint density at radius 1 is 1.18 bits per heavy atom. The number of hydrogen-bond acceptors (Lipinski definition) is 6. The van der Waals surface area contributed by atoms with Gasteiger partial charge in [-0.1, -0.05) is 68.9 Å². The number of furan rings is 1. The molecule has 4 aromatic rings. The van der Waals surface area contributed by atoms with Crippen molar-refractivity contribution in [2.24, 2.45) is 0 Å². The highest BCUT2D eigenvalue weighted by molar-refractivity contribution is 9.10. The molecule has 8 heteroatoms. The SMILES string of the molecule is Cc1ccc(CSc2nnc(NC(=O)c3oc4cc(Br)ccc4c3C)s2)cc1. The summed E-state index contributed by atoms with van der Waals surface area (Å²) in [6.07, 6.45) is 0. The second kappa shape index (κ2) is 8.06. The summed E-state index contributed by atoms with van der Waals surface area (Å²) in [7, 11) is 0. The molecule has 0 unspecified atom stereocenters. The molecule has 0 aliphatic carbocycles. The maximum Gasteiger partial charge on any atom is 0.293 e. The zero-order valence-electron chi connectivity index (χ0n) is 15.2. The van der Waals surface area contributed by atoms with Crippen molar-refractivity contribution in [3.63, 3.8) is 0 Å². The molecule has 0 aliphatic rings. The lowest BCUT2D eigenvalue weighted by Crippen LogP contribution is -2.11. The Labute approximate surface area is 178 Å². The molecule has 0 saturated heterocycles. The number of carbonyl (C=O) groups is 1. The first-order valence-electron chi connectivity index (χ1n) is 8.51. The number of hydrogen-bond donors (Lipinski definition) is 1. The van der Waals surface area contributed by atoms with Crippen LogP contribution in [0.4, 0.5) is 5.13 Å². The van der Waals surface area contributed by atoms with Crippen LogP contribution in [0.25, 0.3) is 11.0 Å². The number of carbonyl (C=O) groups excluding carboxylic acids is 1. The fourth-order valence-electron chi connectivity index (χ4n) is 2.72. The average Bonchev–Trinajstić information content (AvgIpc) is 3.25. The van der Waals surface area contributed by atoms with E-state index in [1.807, 2.05) is 25.1 Å². The van der Waals surface area contributed by atoms with E-state index >= 15 is 0 Å². The topological polar surface area (TPSA) is 68.0 Å². The smallest absolute Gasteiger partial charge is 0.293 e. The van der Waals surface area contributed by atoms with Crippen LogP contribution in [0.5, 0.6) is 0 Å². The van der Waals surface area contributed by atoms with E-state index < -0.39 is 0 Å². The molecule has 0 atom stereocenters. The summed E-state index contributed by atoms with van der Waals surface area (Å²) in [6, 6.07) is 14.1. The lowest BCUT2D eigenvalue weighted by Gasteiger charge is -1.99. The standard InChI is InChI=1S/C20H16BrN3O2S2/c1-11-3-5-13(6-4-11)10-27-20-24-23-19(28-20)22-18(25)17-12(2)15-8-7-14(21)9-16(15)26-17/h3-9H,10H2,1-2H3,(H,22,23,25). The zero-order valence-corrected chi connectivity index (χ0v) is 18.4. The van der Waals surface area contributed by atoms with Gasteiger partial charge in [0, 0.05) is 21.2 Å². The molecule has 0 radical (unpaired) electrons. The lowest BCUT2D eigenvalue weighted by molar-refractivity contribution is 0.0998. The van der Waals surface area contributed by atoms with E-state index in [1.54, 1.807) is 11.8 Å². The number of benzene rings is 2. The van der Waals surface area contributed by atoms with Gasteiger partial charge in [-0.2, -0.15) is 0 Å². The molecule has 0 fully saturated rings. The monoisotopic (exact) mass is 473 g/mol. The summed E-state index contributed by atoms with van der Waals surface area (Å²) in [5, 5.41) is 12.4. The maximum absolute atomic E-state index is 12.6. The van der Waals surface area contributed by atoms with Gasteiger partial charge >= 0.3 is 0 Å². The summed E-state index contributed by atoms with van der Waals surface area (Å²) < 4.78 is 7.45. The highest BCUT2D eigenvalue weighted by Gasteiger charge is 2.19. The van der Waals surface area contributed by atoms with Crippen molar-refractivity contribution >= 4 is 61.0 Å². The number of halogens is 1. The third-order valence-corrected chi connectivity index (χ3v) is 6.75. The molecule has 0 spiro atoms. The minimum absolute atomic E-state index is 0.289. The fourth-order valence-corrected chi connectivity index (χ4v) is 4.76. The summed E-state index contributed by atoms with van der Waals surface area (Å²) >= 11 is 6.37. The molecule has 5 nitrogen and oxygen atoms in total. The van der Waals surface area contributed by atoms with Crippen LogP contribution >= 0.6 is 39.0 Å². The zero-order chi connectivity index (χ0) is 19.7. The van der Waals surface area contributed by atoms with Gasteiger partial charge in [-0.25, -0.2) is 0 Å². The number of nitrogens with one attached hydrogen (secondary N) is 1. The van der Waals surface area contributed by atoms with Gasteiger partial charge in [0.05, 0.1) is 0 Å². The van der Waals surface area contributed by atoms with Crippen LogP contribution in [0, 0.1) is 13.8 Å². The molecule has 1 N–H and O–H groups in total. The molecule has 28 heavy (non-hydrogen) atoms. The van der Waals surface area contributed by atoms with Crippen LogP contribution in [0.2, 0.25) is 0 Å². The van der Waals surface area contributed by atoms with Gasteiger partial charge in [-0.3, -0.25) is 10.1 Å². The van der Waals surface area contributed by atoms with E-state index in [0.29, 0.717) is 10.7 Å². The van der Waals surface area contributed by atoms with Crippen molar-refractivity contribution in [2.45, 2.75) is 23.9 Å². The second-order valence-electron chi connectivity index (χ2n) is 6.30. The van der Waals surface area contributed by atoms with Crippen molar-refractivity contribution < 1.29 is 9.21 Å². The van der Waals surface area contributed by atoms with E-state index in [9.17, 15) is 4.79 Å². The number of fused-ring (bicyclic) bond motifs is 1. The first-order chi connectivity index (χ1) is 13.5. The van der Waals surface area contributed by atoms with Gasteiger partial charge in [0.25, 0.3) is 5.91 Å². The quantitative estimate of drug-likeness (QED) is 0.275. The molecule has 142 valence electrons. The first-order valence-corrected chi connectivity index (χ1v) is 11.1. The Kier molecular flexibility index (Phi) is 5.52. The Morgan fingerprint density at radius 2 is 1.96 bits per heavy atom. The number of anilines is 1. The molecule has 4 rings (SSSR count). The minimum Gasteiger partial charge on any atom is -0.451 e. The van der Waals surface area contributed by atoms with E-state index in [0.717, 1.165) is 25.5 Å². The van der Waals surface area contributed by atoms with E-state index in [-0.39, 0.29) is 11.7 Å². The van der Waals surface area contributed by atoms with Crippen LogP contribution < -0.4 is 5.32 Å². The van der Waals surface area contributed by atoms with Gasteiger partial charge in [0.15, 0.2) is 10.1 Å². The van der Waals surface area contributed by atoms with E-state index in [2.05, 4.69) is 62.6 Å². The maximum atomic E-state index is 12.6. The highest BCUT2D eigenvalue weighted by atomic mass is 79.9. The van der Waals surface area contributed by atoms with Gasteiger partial charge in [-0.05, 0) is 37.6 Å². The van der Waals surface area contributed by atoms with Gasteiger partial charge < -0.3 is 4.42 Å². The summed E-state index contributed by atoms with van der Waals surface area (Å²) in [5.74, 6) is 0.772. The molecular formula is C20H16BrN3O2S2. The molecule has 2 aromatic carbocycles. The normalized spacial score (nSPS) is 11.1. The van der Waals surface area contributed by atoms with Crippen LogP contribution in [0.3, 0.4) is 0 Å². The summed E-state index contributed by atoms with van der Waals surface area (Å²) in [4.78, 5) is 12.6. The van der Waals surface area contributed by atoms with Crippen LogP contribution in [-0.4, -0.2) is 16.1 Å². The molecule has 1 amide bonds. The number of thioether (sulfide) groups is 1. The van der Waals surface area contributed by atoms with Crippen molar-refractivity contribution in [2.75, 3.05) is 5.32 Å². The van der Waals surface area contributed by atoms with Crippen molar-refractivity contribution in [1.29, 1.82) is 0 Å². The minimum atomic E-state index is -0.323. The van der Waals surface area contributed by atoms with Gasteiger partial charge in [0.1, 0.15) is 5.58 Å². The highest BCUT2D eigenvalue weighted by Crippen LogP contribution is 2.31. The molecule has 2 heterocycles. The molecule has 0 bridgehead atoms. The van der Waals surface area contributed by atoms with Crippen LogP contribution in [0.1, 0.15) is 27.2 Å². The molecule has 0 aliphatic heterocycles. The summed E-state index contributed by atoms with van der Waals surface area (Å²) in [6.45, 7) is 3.94. The Balaban J connectivity index is 1.44. The molecular weight excluding hydrogens is 458 g/mol.